The molecule has 0 bridgehead atoms. The number of benzene rings is 2. The maximum Gasteiger partial charge on any atom is 0.277 e. The summed E-state index contributed by atoms with van der Waals surface area (Å²) in [6.07, 6.45) is 0. The molecule has 1 N–H and O–H groups in total. The first kappa shape index (κ1) is 16.8. The van der Waals surface area contributed by atoms with Gasteiger partial charge in [0.2, 0.25) is 11.8 Å². The van der Waals surface area contributed by atoms with Crippen LogP contribution in [-0.2, 0) is 4.79 Å². The monoisotopic (exact) mass is 379 g/mol. The molecule has 1 amide bonds. The zero-order chi connectivity index (χ0) is 16.9. The minimum atomic E-state index is -0.195. The van der Waals surface area contributed by atoms with Gasteiger partial charge in [0, 0.05) is 10.7 Å². The number of rotatable bonds is 5. The van der Waals surface area contributed by atoms with E-state index >= 15 is 0 Å². The molecule has 0 unspecified atom stereocenters. The topological polar surface area (TPSA) is 68.0 Å². The smallest absolute Gasteiger partial charge is 0.277 e. The largest absolute Gasteiger partial charge is 0.411 e. The highest BCUT2D eigenvalue weighted by molar-refractivity contribution is 7.99. The number of aromatic nitrogens is 2. The third-order valence-electron chi connectivity index (χ3n) is 2.95. The maximum atomic E-state index is 11.9. The van der Waals surface area contributed by atoms with E-state index < -0.39 is 0 Å². The van der Waals surface area contributed by atoms with Gasteiger partial charge in [0.15, 0.2) is 0 Å². The Balaban J connectivity index is 1.59. The quantitative estimate of drug-likeness (QED) is 0.646. The molecule has 24 heavy (non-hydrogen) atoms. The Morgan fingerprint density at radius 1 is 1.12 bits per heavy atom. The van der Waals surface area contributed by atoms with E-state index in [1.807, 2.05) is 12.1 Å². The van der Waals surface area contributed by atoms with Gasteiger partial charge in [0.05, 0.1) is 16.3 Å². The van der Waals surface area contributed by atoms with Crippen LogP contribution in [0.25, 0.3) is 11.5 Å². The lowest BCUT2D eigenvalue weighted by Gasteiger charge is -2.03. The second kappa shape index (κ2) is 7.70. The summed E-state index contributed by atoms with van der Waals surface area (Å²) in [7, 11) is 0. The molecule has 0 fully saturated rings. The summed E-state index contributed by atoms with van der Waals surface area (Å²) in [5.41, 5.74) is 1.29. The second-order valence-electron chi connectivity index (χ2n) is 4.70. The number of thioether (sulfide) groups is 1. The summed E-state index contributed by atoms with van der Waals surface area (Å²) in [6, 6.07) is 14.1. The van der Waals surface area contributed by atoms with Crippen molar-refractivity contribution < 1.29 is 9.21 Å². The van der Waals surface area contributed by atoms with Gasteiger partial charge in [-0.3, -0.25) is 4.79 Å². The number of carbonyl (C=O) groups is 1. The highest BCUT2D eigenvalue weighted by Crippen LogP contribution is 2.28. The van der Waals surface area contributed by atoms with Crippen LogP contribution in [0.5, 0.6) is 0 Å². The van der Waals surface area contributed by atoms with Crippen molar-refractivity contribution in [1.82, 2.24) is 10.2 Å². The Hall–Kier alpha value is -2.02. The van der Waals surface area contributed by atoms with E-state index in [2.05, 4.69) is 15.5 Å². The molecule has 3 aromatic rings. The molecule has 1 aromatic heterocycles. The Morgan fingerprint density at radius 2 is 1.96 bits per heavy atom. The molecule has 0 saturated heterocycles. The van der Waals surface area contributed by atoms with Crippen molar-refractivity contribution in [3.05, 3.63) is 58.6 Å². The van der Waals surface area contributed by atoms with Gasteiger partial charge >= 0.3 is 0 Å². The number of halogens is 2. The fraction of sp³-hybridized carbons (Fsp3) is 0.0625. The molecule has 3 rings (SSSR count). The SMILES string of the molecule is O=C(CSc1nnc(-c2ccccc2Cl)o1)Nc1cccc(Cl)c1. The molecular formula is C16H11Cl2N3O2S. The Kier molecular flexibility index (Phi) is 5.40. The van der Waals surface area contributed by atoms with E-state index in [1.54, 1.807) is 36.4 Å². The van der Waals surface area contributed by atoms with E-state index in [0.29, 0.717) is 32.4 Å². The van der Waals surface area contributed by atoms with E-state index in [1.165, 1.54) is 0 Å². The molecule has 8 heteroatoms. The van der Waals surface area contributed by atoms with Gasteiger partial charge in [-0.05, 0) is 30.3 Å². The molecule has 0 radical (unpaired) electrons. The van der Waals surface area contributed by atoms with Gasteiger partial charge in [-0.15, -0.1) is 10.2 Å². The molecule has 0 spiro atoms. The molecule has 2 aromatic carbocycles. The van der Waals surface area contributed by atoms with Gasteiger partial charge < -0.3 is 9.73 Å². The summed E-state index contributed by atoms with van der Waals surface area (Å²) >= 11 is 13.1. The third-order valence-corrected chi connectivity index (χ3v) is 4.33. The Labute approximate surface area is 152 Å². The average Bonchev–Trinajstić information content (AvgIpc) is 3.02. The second-order valence-corrected chi connectivity index (χ2v) is 6.47. The van der Waals surface area contributed by atoms with Crippen LogP contribution in [0.15, 0.2) is 58.2 Å². The lowest BCUT2D eigenvalue weighted by Crippen LogP contribution is -2.13. The predicted octanol–water partition coefficient (Wildman–Crippen LogP) is 4.77. The molecular weight excluding hydrogens is 369 g/mol. The van der Waals surface area contributed by atoms with Crippen LogP contribution in [0, 0.1) is 0 Å². The maximum absolute atomic E-state index is 11.9. The first-order valence-corrected chi connectivity index (χ1v) is 8.62. The number of nitrogens with zero attached hydrogens (tertiary/aromatic N) is 2. The van der Waals surface area contributed by atoms with Gasteiger partial charge in [-0.2, -0.15) is 0 Å². The molecule has 0 aliphatic rings. The zero-order valence-corrected chi connectivity index (χ0v) is 14.5. The molecule has 0 aliphatic heterocycles. The van der Waals surface area contributed by atoms with E-state index in [4.69, 9.17) is 27.6 Å². The number of carbonyl (C=O) groups excluding carboxylic acids is 1. The predicted molar refractivity (Wildman–Crippen MR) is 95.5 cm³/mol. The fourth-order valence-corrected chi connectivity index (χ4v) is 2.87. The fourth-order valence-electron chi connectivity index (χ4n) is 1.90. The number of hydrogen-bond donors (Lipinski definition) is 1. The van der Waals surface area contributed by atoms with Crippen molar-refractivity contribution in [1.29, 1.82) is 0 Å². The van der Waals surface area contributed by atoms with Gasteiger partial charge in [-0.25, -0.2) is 0 Å². The van der Waals surface area contributed by atoms with Crippen molar-refractivity contribution in [2.45, 2.75) is 5.22 Å². The molecule has 122 valence electrons. The summed E-state index contributed by atoms with van der Waals surface area (Å²) in [4.78, 5) is 11.9. The van der Waals surface area contributed by atoms with Crippen molar-refractivity contribution in [2.75, 3.05) is 11.1 Å². The van der Waals surface area contributed by atoms with Crippen LogP contribution in [0.3, 0.4) is 0 Å². The van der Waals surface area contributed by atoms with Gasteiger partial charge in [0.1, 0.15) is 0 Å². The zero-order valence-electron chi connectivity index (χ0n) is 12.2. The highest BCUT2D eigenvalue weighted by Gasteiger charge is 2.13. The average molecular weight is 380 g/mol. The summed E-state index contributed by atoms with van der Waals surface area (Å²) in [6.45, 7) is 0. The Morgan fingerprint density at radius 3 is 2.75 bits per heavy atom. The van der Waals surface area contributed by atoms with Crippen LogP contribution in [0.1, 0.15) is 0 Å². The Bertz CT molecular complexity index is 870. The van der Waals surface area contributed by atoms with Crippen molar-refractivity contribution in [3.63, 3.8) is 0 Å². The van der Waals surface area contributed by atoms with Gasteiger partial charge in [-0.1, -0.05) is 53.2 Å². The van der Waals surface area contributed by atoms with Gasteiger partial charge in [0.25, 0.3) is 5.22 Å². The standard InChI is InChI=1S/C16H11Cl2N3O2S/c17-10-4-3-5-11(8-10)19-14(22)9-24-16-21-20-15(23-16)12-6-1-2-7-13(12)18/h1-8H,9H2,(H,19,22). The van der Waals surface area contributed by atoms with E-state index in [0.717, 1.165) is 11.8 Å². The molecule has 0 saturated carbocycles. The minimum Gasteiger partial charge on any atom is -0.411 e. The molecule has 1 heterocycles. The van der Waals surface area contributed by atoms with E-state index in [-0.39, 0.29) is 11.7 Å². The first-order chi connectivity index (χ1) is 11.6. The summed E-state index contributed by atoms with van der Waals surface area (Å²) < 4.78 is 5.53. The molecule has 5 nitrogen and oxygen atoms in total. The normalized spacial score (nSPS) is 10.6. The molecule has 0 atom stereocenters. The van der Waals surface area contributed by atoms with Crippen molar-refractivity contribution in [2.24, 2.45) is 0 Å². The van der Waals surface area contributed by atoms with Crippen LogP contribution in [-0.4, -0.2) is 21.9 Å². The van der Waals surface area contributed by atoms with Crippen LogP contribution in [0.4, 0.5) is 5.69 Å². The number of hydrogen-bond acceptors (Lipinski definition) is 5. The van der Waals surface area contributed by atoms with Crippen molar-refractivity contribution >= 4 is 46.6 Å². The number of nitrogens with one attached hydrogen (secondary N) is 1. The van der Waals surface area contributed by atoms with E-state index in [9.17, 15) is 4.79 Å². The van der Waals surface area contributed by atoms with Crippen LogP contribution in [0.2, 0.25) is 10.0 Å². The molecule has 0 aliphatic carbocycles. The summed E-state index contributed by atoms with van der Waals surface area (Å²) in [5.74, 6) is 0.259. The third kappa shape index (κ3) is 4.29. The number of anilines is 1. The lowest BCUT2D eigenvalue weighted by atomic mass is 10.2. The summed E-state index contributed by atoms with van der Waals surface area (Å²) in [5, 5.41) is 12.0. The lowest BCUT2D eigenvalue weighted by molar-refractivity contribution is -0.113. The highest BCUT2D eigenvalue weighted by atomic mass is 35.5. The van der Waals surface area contributed by atoms with Crippen LogP contribution < -0.4 is 5.32 Å². The number of amides is 1. The first-order valence-electron chi connectivity index (χ1n) is 6.88. The minimum absolute atomic E-state index is 0.136. The van der Waals surface area contributed by atoms with Crippen LogP contribution >= 0.6 is 35.0 Å². The van der Waals surface area contributed by atoms with Crippen molar-refractivity contribution in [3.8, 4) is 11.5 Å².